The van der Waals surface area contributed by atoms with Gasteiger partial charge >= 0.3 is 5.97 Å². The molecule has 0 aromatic carbocycles. The Bertz CT molecular complexity index is 967. The summed E-state index contributed by atoms with van der Waals surface area (Å²) < 4.78 is 6.01. The maximum Gasteiger partial charge on any atom is 0.306 e. The van der Waals surface area contributed by atoms with Crippen molar-refractivity contribution in [2.45, 2.75) is 131 Å². The van der Waals surface area contributed by atoms with E-state index in [4.69, 9.17) is 4.74 Å². The van der Waals surface area contributed by atoms with Crippen LogP contribution in [-0.2, 0) is 16.0 Å². The summed E-state index contributed by atoms with van der Waals surface area (Å²) in [6, 6.07) is 0. The molecular formula is C34H54N2O2. The van der Waals surface area contributed by atoms with Crippen molar-refractivity contribution in [3.8, 4) is 0 Å². The molecule has 0 saturated heterocycles. The summed E-state index contributed by atoms with van der Waals surface area (Å²) in [6.07, 6.45) is 22.8. The second-order valence-corrected chi connectivity index (χ2v) is 14.6. The maximum atomic E-state index is 12.6. The van der Waals surface area contributed by atoms with Crippen molar-refractivity contribution in [1.29, 1.82) is 0 Å². The van der Waals surface area contributed by atoms with Gasteiger partial charge < -0.3 is 9.72 Å². The lowest BCUT2D eigenvalue weighted by atomic mass is 9.47. The number of imidazole rings is 1. The number of fused-ring (bicyclic) bond motifs is 5. The van der Waals surface area contributed by atoms with Gasteiger partial charge in [-0.3, -0.25) is 4.79 Å². The number of aromatic amines is 1. The first kappa shape index (κ1) is 28.0. The summed E-state index contributed by atoms with van der Waals surface area (Å²) in [5.41, 5.74) is 3.56. The monoisotopic (exact) mass is 522 g/mol. The van der Waals surface area contributed by atoms with Crippen LogP contribution >= 0.6 is 0 Å². The number of nitrogens with one attached hydrogen (secondary N) is 1. The number of aryl methyl sites for hydroxylation is 1. The molecule has 1 N–H and O–H groups in total. The molecule has 0 amide bonds. The molecule has 4 aliphatic carbocycles. The zero-order chi connectivity index (χ0) is 26.9. The molecule has 5 rings (SSSR count). The van der Waals surface area contributed by atoms with Gasteiger partial charge in [-0.2, -0.15) is 0 Å². The van der Waals surface area contributed by atoms with Gasteiger partial charge in [0.25, 0.3) is 0 Å². The molecule has 0 radical (unpaired) electrons. The highest BCUT2D eigenvalue weighted by molar-refractivity contribution is 5.69. The fourth-order valence-electron chi connectivity index (χ4n) is 9.84. The first-order valence-corrected chi connectivity index (χ1v) is 16.1. The van der Waals surface area contributed by atoms with E-state index in [1.54, 1.807) is 11.9 Å². The average Bonchev–Trinajstić information content (AvgIpc) is 3.51. The highest BCUT2D eigenvalue weighted by Gasteiger charge is 2.59. The second-order valence-electron chi connectivity index (χ2n) is 14.6. The van der Waals surface area contributed by atoms with Crippen molar-refractivity contribution >= 4 is 5.97 Å². The van der Waals surface area contributed by atoms with Gasteiger partial charge in [-0.15, -0.1) is 0 Å². The van der Waals surface area contributed by atoms with Crippen molar-refractivity contribution in [1.82, 2.24) is 9.97 Å². The first-order valence-electron chi connectivity index (χ1n) is 16.1. The van der Waals surface area contributed by atoms with Gasteiger partial charge in [0.2, 0.25) is 0 Å². The Morgan fingerprint density at radius 1 is 1.08 bits per heavy atom. The van der Waals surface area contributed by atoms with Gasteiger partial charge in [-0.25, -0.2) is 4.98 Å². The van der Waals surface area contributed by atoms with E-state index in [0.717, 1.165) is 66.9 Å². The zero-order valence-electron chi connectivity index (χ0n) is 24.9. The summed E-state index contributed by atoms with van der Waals surface area (Å²) in [4.78, 5) is 19.8. The van der Waals surface area contributed by atoms with Gasteiger partial charge in [0.15, 0.2) is 0 Å². The number of aromatic nitrogens is 2. The van der Waals surface area contributed by atoms with Crippen LogP contribution in [0.2, 0.25) is 0 Å². The Kier molecular flexibility index (Phi) is 8.46. The molecule has 4 heteroatoms. The number of carbonyl (C=O) groups is 1. The Hall–Kier alpha value is -1.58. The van der Waals surface area contributed by atoms with E-state index in [1.165, 1.54) is 57.8 Å². The third-order valence-electron chi connectivity index (χ3n) is 11.9. The molecule has 212 valence electrons. The van der Waals surface area contributed by atoms with Crippen LogP contribution in [0.3, 0.4) is 0 Å². The fourth-order valence-corrected chi connectivity index (χ4v) is 9.84. The van der Waals surface area contributed by atoms with E-state index in [9.17, 15) is 4.79 Å². The van der Waals surface area contributed by atoms with Crippen molar-refractivity contribution in [2.75, 3.05) is 0 Å². The molecule has 3 fully saturated rings. The molecule has 1 heterocycles. The third kappa shape index (κ3) is 5.52. The molecule has 0 unspecified atom stereocenters. The van der Waals surface area contributed by atoms with E-state index in [1.807, 2.05) is 6.20 Å². The number of hydrogen-bond donors (Lipinski definition) is 1. The van der Waals surface area contributed by atoms with Crippen molar-refractivity contribution < 1.29 is 9.53 Å². The number of rotatable bonds is 10. The number of nitrogens with zero attached hydrogens (tertiary/aromatic N) is 1. The Labute approximate surface area is 232 Å². The van der Waals surface area contributed by atoms with Gasteiger partial charge in [0.05, 0.1) is 6.33 Å². The minimum absolute atomic E-state index is 0.0275. The Balaban J connectivity index is 1.17. The summed E-state index contributed by atoms with van der Waals surface area (Å²) in [5.74, 6) is 5.18. The van der Waals surface area contributed by atoms with Crippen LogP contribution in [0, 0.1) is 46.3 Å². The summed E-state index contributed by atoms with van der Waals surface area (Å²) >= 11 is 0. The standard InChI is InChI=1S/C34H54N2O2/c1-23(2)8-6-9-24(3)29-14-15-30-28-13-12-25-20-27(38-32(37)11-7-10-26-21-35-22-36-26)16-18-33(25,4)31(28)17-19-34(29,30)5/h12,21-24,27-31H,6-11,13-20H2,1-5H3,(H,35,36)/t24-,27+,28+,29-,30+,31+,33+,34-/m1/s1. The van der Waals surface area contributed by atoms with E-state index < -0.39 is 0 Å². The van der Waals surface area contributed by atoms with Gasteiger partial charge in [0, 0.05) is 24.7 Å². The van der Waals surface area contributed by atoms with E-state index in [2.05, 4.69) is 50.7 Å². The molecule has 0 aliphatic heterocycles. The van der Waals surface area contributed by atoms with Crippen LogP contribution in [0.4, 0.5) is 0 Å². The number of H-pyrrole nitrogens is 1. The minimum Gasteiger partial charge on any atom is -0.462 e. The quantitative estimate of drug-likeness (QED) is 0.247. The number of ether oxygens (including phenoxy) is 1. The predicted molar refractivity (Wildman–Crippen MR) is 154 cm³/mol. The lowest BCUT2D eigenvalue weighted by molar-refractivity contribution is -0.151. The van der Waals surface area contributed by atoms with E-state index in [-0.39, 0.29) is 12.1 Å². The number of carbonyl (C=O) groups excluding carboxylic acids is 1. The maximum absolute atomic E-state index is 12.6. The minimum atomic E-state index is -0.0275. The molecule has 8 atom stereocenters. The fraction of sp³-hybridized carbons (Fsp3) is 0.824. The largest absolute Gasteiger partial charge is 0.462 e. The van der Waals surface area contributed by atoms with Crippen LogP contribution in [0.15, 0.2) is 24.2 Å². The van der Waals surface area contributed by atoms with Crippen LogP contribution in [0.5, 0.6) is 0 Å². The topological polar surface area (TPSA) is 55.0 Å². The van der Waals surface area contributed by atoms with Gasteiger partial charge in [0.1, 0.15) is 6.10 Å². The lowest BCUT2D eigenvalue weighted by Gasteiger charge is -2.58. The predicted octanol–water partition coefficient (Wildman–Crippen LogP) is 8.69. The van der Waals surface area contributed by atoms with Crippen molar-refractivity contribution in [2.24, 2.45) is 46.3 Å². The van der Waals surface area contributed by atoms with Crippen molar-refractivity contribution in [3.05, 3.63) is 29.9 Å². The van der Waals surface area contributed by atoms with E-state index in [0.29, 0.717) is 17.3 Å². The highest BCUT2D eigenvalue weighted by Crippen LogP contribution is 2.67. The van der Waals surface area contributed by atoms with Crippen LogP contribution in [-0.4, -0.2) is 22.0 Å². The van der Waals surface area contributed by atoms with Gasteiger partial charge in [-0.05, 0) is 104 Å². The molecule has 1 aromatic rings. The Morgan fingerprint density at radius 3 is 2.68 bits per heavy atom. The molecule has 3 saturated carbocycles. The van der Waals surface area contributed by atoms with Crippen molar-refractivity contribution in [3.63, 3.8) is 0 Å². The molecule has 38 heavy (non-hydrogen) atoms. The lowest BCUT2D eigenvalue weighted by Crippen LogP contribution is -2.51. The van der Waals surface area contributed by atoms with Gasteiger partial charge in [-0.1, -0.05) is 65.5 Å². The SMILES string of the molecule is CC(C)CCC[C@@H](C)[C@H]1CC[C@H]2[C@@H]3CC=C4C[C@@H](OC(=O)CCCc5cnc[nH]5)CC[C@]4(C)[C@H]3CC[C@]12C. The average molecular weight is 523 g/mol. The second kappa shape index (κ2) is 11.5. The third-order valence-corrected chi connectivity index (χ3v) is 11.9. The number of allylic oxidation sites excluding steroid dienone is 1. The molecule has 4 nitrogen and oxygen atoms in total. The molecule has 4 aliphatic rings. The zero-order valence-corrected chi connectivity index (χ0v) is 24.9. The van der Waals surface area contributed by atoms with Crippen LogP contribution < -0.4 is 0 Å². The summed E-state index contributed by atoms with van der Waals surface area (Å²) in [5, 5.41) is 0. The smallest absolute Gasteiger partial charge is 0.306 e. The normalized spacial score (nSPS) is 37.2. The molecule has 0 spiro atoms. The van der Waals surface area contributed by atoms with Crippen LogP contribution in [0.25, 0.3) is 0 Å². The highest BCUT2D eigenvalue weighted by atomic mass is 16.5. The Morgan fingerprint density at radius 2 is 1.92 bits per heavy atom. The number of hydrogen-bond acceptors (Lipinski definition) is 3. The molecular weight excluding hydrogens is 468 g/mol. The van der Waals surface area contributed by atoms with Crippen LogP contribution in [0.1, 0.15) is 124 Å². The first-order chi connectivity index (χ1) is 18.2. The van der Waals surface area contributed by atoms with E-state index >= 15 is 0 Å². The number of esters is 1. The summed E-state index contributed by atoms with van der Waals surface area (Å²) in [7, 11) is 0. The molecule has 0 bridgehead atoms. The molecule has 1 aromatic heterocycles. The summed E-state index contributed by atoms with van der Waals surface area (Å²) in [6.45, 7) is 12.6.